The Kier molecular flexibility index (Phi) is 7.63. The lowest BCUT2D eigenvalue weighted by atomic mass is 9.94. The molecule has 1 amide bonds. The molecule has 5 nitrogen and oxygen atoms in total. The van der Waals surface area contributed by atoms with Gasteiger partial charge in [0, 0.05) is 0 Å². The van der Waals surface area contributed by atoms with Gasteiger partial charge in [0.05, 0.1) is 17.7 Å². The highest BCUT2D eigenvalue weighted by atomic mass is 19.4. The monoisotopic (exact) mass is 487 g/mol. The van der Waals surface area contributed by atoms with Gasteiger partial charge in [0.15, 0.2) is 0 Å². The molecule has 0 bridgehead atoms. The SMILES string of the molecule is CC(C)C[C@H](N[C@@H](c1ccc(-c2ccc(C(C)(C)O)cc2)cc1)C(F)(F)F)C(=O)NC1(C#N)CC1. The molecule has 8 heteroatoms. The number of nitrogens with one attached hydrogen (secondary N) is 2. The molecule has 0 spiro atoms. The molecule has 0 saturated heterocycles. The zero-order valence-corrected chi connectivity index (χ0v) is 20.4. The molecule has 188 valence electrons. The highest BCUT2D eigenvalue weighted by molar-refractivity contribution is 5.83. The number of aliphatic hydroxyl groups is 1. The lowest BCUT2D eigenvalue weighted by Crippen LogP contribution is -2.52. The van der Waals surface area contributed by atoms with Gasteiger partial charge in [0.2, 0.25) is 5.91 Å². The van der Waals surface area contributed by atoms with Crippen LogP contribution < -0.4 is 10.6 Å². The second-order valence-electron chi connectivity index (χ2n) is 10.3. The molecule has 3 N–H and O–H groups in total. The van der Waals surface area contributed by atoms with E-state index in [9.17, 15) is 28.3 Å². The normalized spacial score (nSPS) is 16.9. The minimum atomic E-state index is -4.63. The van der Waals surface area contributed by atoms with Crippen molar-refractivity contribution in [2.24, 2.45) is 5.92 Å². The summed E-state index contributed by atoms with van der Waals surface area (Å²) in [6, 6.07) is 12.1. The molecular weight excluding hydrogens is 455 g/mol. The maximum Gasteiger partial charge on any atom is 0.407 e. The van der Waals surface area contributed by atoms with Crippen molar-refractivity contribution in [1.82, 2.24) is 10.6 Å². The standard InChI is InChI=1S/C27H32F3N3O2/c1-17(2)15-22(24(34)33-26(16-31)13-14-26)32-23(27(28,29)30)20-7-5-18(6-8-20)19-9-11-21(12-10-19)25(3,4)35/h5-12,17,22-23,32,35H,13-15H2,1-4H3,(H,33,34)/t22-,23-/m0/s1. The van der Waals surface area contributed by atoms with Crippen molar-refractivity contribution in [2.75, 3.05) is 0 Å². The molecule has 3 rings (SSSR count). The van der Waals surface area contributed by atoms with Crippen molar-refractivity contribution in [1.29, 1.82) is 5.26 Å². The summed E-state index contributed by atoms with van der Waals surface area (Å²) < 4.78 is 42.3. The van der Waals surface area contributed by atoms with E-state index in [-0.39, 0.29) is 17.9 Å². The fourth-order valence-corrected chi connectivity index (χ4v) is 3.95. The Hall–Kier alpha value is -2.89. The van der Waals surface area contributed by atoms with Gasteiger partial charge in [-0.3, -0.25) is 10.1 Å². The van der Waals surface area contributed by atoms with Gasteiger partial charge in [0.1, 0.15) is 11.6 Å². The highest BCUT2D eigenvalue weighted by Crippen LogP contribution is 2.36. The number of benzene rings is 2. The first-order valence-corrected chi connectivity index (χ1v) is 11.7. The summed E-state index contributed by atoms with van der Waals surface area (Å²) in [5, 5.41) is 24.5. The summed E-state index contributed by atoms with van der Waals surface area (Å²) in [7, 11) is 0. The number of halogens is 3. The molecule has 0 unspecified atom stereocenters. The van der Waals surface area contributed by atoms with Crippen molar-refractivity contribution >= 4 is 5.91 Å². The number of carbonyl (C=O) groups excluding carboxylic acids is 1. The van der Waals surface area contributed by atoms with Crippen molar-refractivity contribution in [3.05, 3.63) is 59.7 Å². The minimum absolute atomic E-state index is 0.00247. The Bertz CT molecular complexity index is 1060. The number of amides is 1. The molecule has 1 aliphatic carbocycles. The Morgan fingerprint density at radius 3 is 1.97 bits per heavy atom. The van der Waals surface area contributed by atoms with Crippen molar-refractivity contribution < 1.29 is 23.1 Å². The zero-order chi connectivity index (χ0) is 26.0. The van der Waals surface area contributed by atoms with E-state index in [0.717, 1.165) is 16.7 Å². The summed E-state index contributed by atoms with van der Waals surface area (Å²) in [6.07, 6.45) is -3.42. The quantitative estimate of drug-likeness (QED) is 0.445. The first-order chi connectivity index (χ1) is 16.2. The number of nitriles is 1. The van der Waals surface area contributed by atoms with Crippen LogP contribution >= 0.6 is 0 Å². The lowest BCUT2D eigenvalue weighted by molar-refractivity contribution is -0.161. The molecule has 35 heavy (non-hydrogen) atoms. The second kappa shape index (κ2) is 10.00. The fourth-order valence-electron chi connectivity index (χ4n) is 3.95. The van der Waals surface area contributed by atoms with E-state index in [1.807, 2.05) is 32.0 Å². The van der Waals surface area contributed by atoms with Crippen molar-refractivity contribution in [3.63, 3.8) is 0 Å². The van der Waals surface area contributed by atoms with Gasteiger partial charge in [-0.15, -0.1) is 0 Å². The van der Waals surface area contributed by atoms with E-state index in [0.29, 0.717) is 12.8 Å². The number of alkyl halides is 3. The van der Waals surface area contributed by atoms with Crippen LogP contribution in [-0.2, 0) is 10.4 Å². The molecule has 1 aliphatic rings. The first-order valence-electron chi connectivity index (χ1n) is 11.7. The Labute approximate surface area is 204 Å². The molecule has 1 saturated carbocycles. The molecule has 2 aromatic rings. The van der Waals surface area contributed by atoms with Gasteiger partial charge in [-0.05, 0) is 61.3 Å². The summed E-state index contributed by atoms with van der Waals surface area (Å²) in [6.45, 7) is 7.02. The number of hydrogen-bond donors (Lipinski definition) is 3. The largest absolute Gasteiger partial charge is 0.407 e. The van der Waals surface area contributed by atoms with E-state index in [1.165, 1.54) is 12.1 Å². The Morgan fingerprint density at radius 1 is 1.06 bits per heavy atom. The fraction of sp³-hybridized carbons (Fsp3) is 0.481. The third kappa shape index (κ3) is 6.83. The molecule has 0 aliphatic heterocycles. The summed E-state index contributed by atoms with van der Waals surface area (Å²) in [5.74, 6) is -0.617. The van der Waals surface area contributed by atoms with E-state index >= 15 is 0 Å². The summed E-state index contributed by atoms with van der Waals surface area (Å²) in [5.41, 5.74) is 0.335. The van der Waals surface area contributed by atoms with Gasteiger partial charge in [-0.1, -0.05) is 62.4 Å². The molecule has 2 aromatic carbocycles. The minimum Gasteiger partial charge on any atom is -0.386 e. The van der Waals surface area contributed by atoms with Gasteiger partial charge < -0.3 is 10.4 Å². The summed E-state index contributed by atoms with van der Waals surface area (Å²) >= 11 is 0. The maximum atomic E-state index is 14.1. The van der Waals surface area contributed by atoms with Crippen LogP contribution in [0.15, 0.2) is 48.5 Å². The molecular formula is C27H32F3N3O2. The van der Waals surface area contributed by atoms with Crippen LogP contribution in [0.25, 0.3) is 11.1 Å². The van der Waals surface area contributed by atoms with Crippen LogP contribution in [0.3, 0.4) is 0 Å². The van der Waals surface area contributed by atoms with E-state index in [1.54, 1.807) is 38.1 Å². The van der Waals surface area contributed by atoms with Gasteiger partial charge in [-0.2, -0.15) is 18.4 Å². The van der Waals surface area contributed by atoms with Gasteiger partial charge >= 0.3 is 6.18 Å². The van der Waals surface area contributed by atoms with Crippen molar-refractivity contribution in [2.45, 2.75) is 76.4 Å². The number of hydrogen-bond acceptors (Lipinski definition) is 4. The number of rotatable bonds is 9. The highest BCUT2D eigenvalue weighted by Gasteiger charge is 2.47. The van der Waals surface area contributed by atoms with Crippen LogP contribution in [0.2, 0.25) is 0 Å². The van der Waals surface area contributed by atoms with Crippen LogP contribution in [0.5, 0.6) is 0 Å². The van der Waals surface area contributed by atoms with Crippen LogP contribution in [0, 0.1) is 17.2 Å². The van der Waals surface area contributed by atoms with Crippen molar-refractivity contribution in [3.8, 4) is 17.2 Å². The number of carbonyl (C=O) groups is 1. The number of nitrogens with zero attached hydrogens (tertiary/aromatic N) is 1. The average Bonchev–Trinajstić information content (AvgIpc) is 3.55. The Balaban J connectivity index is 1.83. The summed E-state index contributed by atoms with van der Waals surface area (Å²) in [4.78, 5) is 12.8. The molecule has 2 atom stereocenters. The van der Waals surface area contributed by atoms with Crippen LogP contribution in [-0.4, -0.2) is 28.8 Å². The smallest absolute Gasteiger partial charge is 0.386 e. The molecule has 1 fully saturated rings. The topological polar surface area (TPSA) is 85.2 Å². The third-order valence-electron chi connectivity index (χ3n) is 6.21. The predicted octanol–water partition coefficient (Wildman–Crippen LogP) is 5.36. The lowest BCUT2D eigenvalue weighted by Gasteiger charge is -2.29. The second-order valence-corrected chi connectivity index (χ2v) is 10.3. The third-order valence-corrected chi connectivity index (χ3v) is 6.21. The average molecular weight is 488 g/mol. The van der Waals surface area contributed by atoms with Crippen LogP contribution in [0.1, 0.15) is 64.1 Å². The van der Waals surface area contributed by atoms with E-state index < -0.39 is 35.3 Å². The van der Waals surface area contributed by atoms with Crippen LogP contribution in [0.4, 0.5) is 13.2 Å². The molecule has 0 heterocycles. The maximum absolute atomic E-state index is 14.1. The zero-order valence-electron chi connectivity index (χ0n) is 20.4. The first kappa shape index (κ1) is 26.7. The predicted molar refractivity (Wildman–Crippen MR) is 128 cm³/mol. The van der Waals surface area contributed by atoms with Gasteiger partial charge in [0.25, 0.3) is 0 Å². The van der Waals surface area contributed by atoms with E-state index in [2.05, 4.69) is 10.6 Å². The molecule has 0 aromatic heterocycles. The Morgan fingerprint density at radius 2 is 1.57 bits per heavy atom. The van der Waals surface area contributed by atoms with Gasteiger partial charge in [-0.25, -0.2) is 0 Å². The van der Waals surface area contributed by atoms with E-state index in [4.69, 9.17) is 0 Å². The molecule has 0 radical (unpaired) electrons.